The van der Waals surface area contributed by atoms with Gasteiger partial charge in [0.2, 0.25) is 0 Å². The molecule has 2 fully saturated rings. The summed E-state index contributed by atoms with van der Waals surface area (Å²) < 4.78 is 59.3. The fourth-order valence-corrected chi connectivity index (χ4v) is 3.92. The Hall–Kier alpha value is -1.20. The summed E-state index contributed by atoms with van der Waals surface area (Å²) in [6.45, 7) is 11.2. The quantitative estimate of drug-likeness (QED) is 0.283. The molecule has 2 heterocycles. The molecule has 5 atom stereocenters. The van der Waals surface area contributed by atoms with Gasteiger partial charge in [-0.05, 0) is 13.8 Å². The van der Waals surface area contributed by atoms with Crippen molar-refractivity contribution in [3.05, 3.63) is 12.7 Å². The standard InChI is InChI=1S/C14H20F3NO6.C11H24/c1-4-5-21-11-8(18-12(20)14(15,16)17)9(19)10-7(23-11)6-22-13(2,3)24-10;1-3-5-7-9-11-10-8-6-4-2/h4,7-11,19H,1,5-6H2,2-3H3,(H,18,20);3-11H2,1-2H3/t7?,8-,9-,10-,11+;/m1./s1. The Morgan fingerprint density at radius 1 is 1.11 bits per heavy atom. The second kappa shape index (κ2) is 15.8. The lowest BCUT2D eigenvalue weighted by molar-refractivity contribution is -0.368. The lowest BCUT2D eigenvalue weighted by Crippen LogP contribution is -2.69. The zero-order chi connectivity index (χ0) is 26.5. The number of rotatable bonds is 12. The fourth-order valence-electron chi connectivity index (χ4n) is 3.92. The first-order valence-corrected chi connectivity index (χ1v) is 12.7. The smallest absolute Gasteiger partial charge is 0.388 e. The summed E-state index contributed by atoms with van der Waals surface area (Å²) in [5, 5.41) is 12.1. The molecule has 0 aromatic carbocycles. The monoisotopic (exact) mass is 511 g/mol. The first kappa shape index (κ1) is 31.8. The molecular formula is C25H44F3NO6. The van der Waals surface area contributed by atoms with Gasteiger partial charge in [-0.1, -0.05) is 77.7 Å². The number of hydrogen-bond acceptors (Lipinski definition) is 6. The molecule has 7 nitrogen and oxygen atoms in total. The normalized spacial score (nSPS) is 27.8. The van der Waals surface area contributed by atoms with E-state index in [1.807, 2.05) is 0 Å². The van der Waals surface area contributed by atoms with Crippen molar-refractivity contribution in [2.75, 3.05) is 13.2 Å². The van der Waals surface area contributed by atoms with Crippen molar-refractivity contribution in [1.82, 2.24) is 5.32 Å². The van der Waals surface area contributed by atoms with Crippen molar-refractivity contribution >= 4 is 5.91 Å². The van der Waals surface area contributed by atoms with Crippen LogP contribution in [0.1, 0.15) is 85.5 Å². The SMILES string of the molecule is C=CCO[C@H]1OC2COC(C)(C)O[C@H]2[C@H](O)[C@H]1NC(=O)C(F)(F)F.CCCCCCCCCCC. The summed E-state index contributed by atoms with van der Waals surface area (Å²) in [6, 6.07) is -1.46. The number of carbonyl (C=O) groups excluding carboxylic acids is 1. The highest BCUT2D eigenvalue weighted by Gasteiger charge is 2.53. The van der Waals surface area contributed by atoms with Crippen molar-refractivity contribution in [3.8, 4) is 0 Å². The summed E-state index contributed by atoms with van der Waals surface area (Å²) in [6.07, 6.45) is 4.70. The Labute approximate surface area is 207 Å². The van der Waals surface area contributed by atoms with Crippen LogP contribution in [0, 0.1) is 0 Å². The van der Waals surface area contributed by atoms with E-state index in [0.717, 1.165) is 0 Å². The van der Waals surface area contributed by atoms with Crippen LogP contribution in [-0.4, -0.2) is 66.8 Å². The van der Waals surface area contributed by atoms with E-state index in [1.54, 1.807) is 19.2 Å². The lowest BCUT2D eigenvalue weighted by Gasteiger charge is -2.49. The number of hydrogen-bond donors (Lipinski definition) is 2. The number of alkyl halides is 3. The number of aliphatic hydroxyl groups is 1. The Bertz CT molecular complexity index is 608. The topological polar surface area (TPSA) is 86.2 Å². The van der Waals surface area contributed by atoms with Gasteiger partial charge in [-0.25, -0.2) is 0 Å². The van der Waals surface area contributed by atoms with E-state index in [9.17, 15) is 23.1 Å². The summed E-state index contributed by atoms with van der Waals surface area (Å²) in [5.74, 6) is -3.24. The molecule has 1 unspecified atom stereocenters. The number of carbonyl (C=O) groups is 1. The molecule has 206 valence electrons. The van der Waals surface area contributed by atoms with Crippen LogP contribution < -0.4 is 5.32 Å². The molecule has 2 N–H and O–H groups in total. The molecule has 0 saturated carbocycles. The maximum atomic E-state index is 12.5. The van der Waals surface area contributed by atoms with E-state index in [1.165, 1.54) is 63.9 Å². The van der Waals surface area contributed by atoms with Crippen LogP contribution in [0.4, 0.5) is 13.2 Å². The average Bonchev–Trinajstić information content (AvgIpc) is 2.79. The molecule has 0 aromatic rings. The van der Waals surface area contributed by atoms with E-state index in [4.69, 9.17) is 18.9 Å². The molecule has 35 heavy (non-hydrogen) atoms. The number of nitrogens with one attached hydrogen (secondary N) is 1. The minimum Gasteiger partial charge on any atom is -0.388 e. The van der Waals surface area contributed by atoms with Gasteiger partial charge in [0.1, 0.15) is 24.4 Å². The largest absolute Gasteiger partial charge is 0.471 e. The average molecular weight is 512 g/mol. The van der Waals surface area contributed by atoms with Gasteiger partial charge >= 0.3 is 12.1 Å². The minimum absolute atomic E-state index is 0.0413. The molecule has 2 rings (SSSR count). The second-order valence-electron chi connectivity index (χ2n) is 9.42. The van der Waals surface area contributed by atoms with E-state index in [2.05, 4.69) is 20.4 Å². The molecule has 0 aliphatic carbocycles. The summed E-state index contributed by atoms with van der Waals surface area (Å²) in [4.78, 5) is 11.2. The summed E-state index contributed by atoms with van der Waals surface area (Å²) in [5.41, 5.74) is 0. The predicted molar refractivity (Wildman–Crippen MR) is 127 cm³/mol. The second-order valence-corrected chi connectivity index (χ2v) is 9.42. The first-order valence-electron chi connectivity index (χ1n) is 12.7. The van der Waals surface area contributed by atoms with Crippen LogP contribution in [0.3, 0.4) is 0 Å². The van der Waals surface area contributed by atoms with Gasteiger partial charge < -0.3 is 29.4 Å². The number of aliphatic hydroxyl groups excluding tert-OH is 1. The molecule has 0 bridgehead atoms. The molecule has 2 saturated heterocycles. The fraction of sp³-hybridized carbons (Fsp3) is 0.880. The van der Waals surface area contributed by atoms with Gasteiger partial charge in [-0.15, -0.1) is 6.58 Å². The number of ether oxygens (including phenoxy) is 4. The molecule has 0 radical (unpaired) electrons. The maximum Gasteiger partial charge on any atom is 0.471 e. The number of unbranched alkanes of at least 4 members (excludes halogenated alkanes) is 8. The Kier molecular flexibility index (Phi) is 14.4. The summed E-state index contributed by atoms with van der Waals surface area (Å²) >= 11 is 0. The highest BCUT2D eigenvalue weighted by atomic mass is 19.4. The first-order chi connectivity index (χ1) is 16.5. The third kappa shape index (κ3) is 11.6. The third-order valence-corrected chi connectivity index (χ3v) is 5.83. The van der Waals surface area contributed by atoms with E-state index < -0.39 is 48.5 Å². The van der Waals surface area contributed by atoms with Crippen molar-refractivity contribution in [2.24, 2.45) is 0 Å². The van der Waals surface area contributed by atoms with Crippen LogP contribution >= 0.6 is 0 Å². The van der Waals surface area contributed by atoms with Crippen LogP contribution in [0.15, 0.2) is 12.7 Å². The number of halogens is 3. The Balaban J connectivity index is 0.000000471. The molecule has 2 aliphatic rings. The van der Waals surface area contributed by atoms with Gasteiger partial charge in [0, 0.05) is 0 Å². The van der Waals surface area contributed by atoms with Crippen molar-refractivity contribution in [1.29, 1.82) is 0 Å². The van der Waals surface area contributed by atoms with Gasteiger partial charge in [0.15, 0.2) is 12.1 Å². The van der Waals surface area contributed by atoms with Gasteiger partial charge in [-0.2, -0.15) is 13.2 Å². The van der Waals surface area contributed by atoms with Crippen LogP contribution in [-0.2, 0) is 23.7 Å². The minimum atomic E-state index is -5.10. The van der Waals surface area contributed by atoms with E-state index in [-0.39, 0.29) is 13.2 Å². The maximum absolute atomic E-state index is 12.5. The molecule has 0 spiro atoms. The van der Waals surface area contributed by atoms with Gasteiger partial charge in [-0.3, -0.25) is 4.79 Å². The van der Waals surface area contributed by atoms with Crippen LogP contribution in [0.25, 0.3) is 0 Å². The number of fused-ring (bicyclic) bond motifs is 1. The van der Waals surface area contributed by atoms with E-state index >= 15 is 0 Å². The third-order valence-electron chi connectivity index (χ3n) is 5.83. The summed E-state index contributed by atoms with van der Waals surface area (Å²) in [7, 11) is 0. The highest BCUT2D eigenvalue weighted by Crippen LogP contribution is 2.33. The molecule has 10 heteroatoms. The van der Waals surface area contributed by atoms with Gasteiger partial charge in [0.25, 0.3) is 0 Å². The zero-order valence-electron chi connectivity index (χ0n) is 21.6. The predicted octanol–water partition coefficient (Wildman–Crippen LogP) is 5.01. The van der Waals surface area contributed by atoms with Crippen LogP contribution in [0.5, 0.6) is 0 Å². The molecule has 2 aliphatic heterocycles. The highest BCUT2D eigenvalue weighted by molar-refractivity contribution is 5.82. The van der Waals surface area contributed by atoms with Crippen molar-refractivity contribution in [3.63, 3.8) is 0 Å². The van der Waals surface area contributed by atoms with E-state index in [0.29, 0.717) is 0 Å². The molecular weight excluding hydrogens is 467 g/mol. The zero-order valence-corrected chi connectivity index (χ0v) is 21.6. The van der Waals surface area contributed by atoms with Crippen molar-refractivity contribution < 1.29 is 42.0 Å². The lowest BCUT2D eigenvalue weighted by atomic mass is 9.95. The Morgan fingerprint density at radius 3 is 2.14 bits per heavy atom. The molecule has 0 aromatic heterocycles. The van der Waals surface area contributed by atoms with Crippen molar-refractivity contribution in [2.45, 2.75) is 128 Å². The molecule has 1 amide bonds. The van der Waals surface area contributed by atoms with Gasteiger partial charge in [0.05, 0.1) is 13.2 Å². The number of amides is 1. The Morgan fingerprint density at radius 2 is 1.66 bits per heavy atom. The van der Waals surface area contributed by atoms with Crippen LogP contribution in [0.2, 0.25) is 0 Å².